The lowest BCUT2D eigenvalue weighted by Gasteiger charge is -2.11. The van der Waals surface area contributed by atoms with E-state index in [1.54, 1.807) is 12.1 Å². The highest BCUT2D eigenvalue weighted by Crippen LogP contribution is 2.27. The normalized spacial score (nSPS) is 10.8. The first-order valence-corrected chi connectivity index (χ1v) is 8.74. The van der Waals surface area contributed by atoms with Crippen LogP contribution in [0.2, 0.25) is 0 Å². The molecule has 7 heteroatoms. The van der Waals surface area contributed by atoms with Gasteiger partial charge in [-0.2, -0.15) is 8.78 Å². The molecular formula is C19H16F2N2O2S. The van der Waals surface area contributed by atoms with Crippen LogP contribution in [0.4, 0.5) is 14.5 Å². The lowest BCUT2D eigenvalue weighted by atomic mass is 10.2. The molecule has 1 amide bonds. The third-order valence-electron chi connectivity index (χ3n) is 3.57. The molecule has 1 N–H and O–H groups in total. The Morgan fingerprint density at radius 2 is 1.92 bits per heavy atom. The molecule has 134 valence electrons. The van der Waals surface area contributed by atoms with Crippen molar-refractivity contribution in [1.82, 2.24) is 4.98 Å². The van der Waals surface area contributed by atoms with Gasteiger partial charge < -0.3 is 10.1 Å². The van der Waals surface area contributed by atoms with Crippen LogP contribution in [0.15, 0.2) is 53.9 Å². The Balaban J connectivity index is 1.67. The topological polar surface area (TPSA) is 51.2 Å². The molecule has 0 unspecified atom stereocenters. The van der Waals surface area contributed by atoms with Crippen LogP contribution < -0.4 is 10.1 Å². The molecule has 4 nitrogen and oxygen atoms in total. The Morgan fingerprint density at radius 1 is 1.19 bits per heavy atom. The maximum atomic E-state index is 12.4. The van der Waals surface area contributed by atoms with Gasteiger partial charge in [0.2, 0.25) is 5.91 Å². The second-order valence-corrected chi connectivity index (χ2v) is 6.47. The number of aromatic nitrogens is 1. The van der Waals surface area contributed by atoms with E-state index in [4.69, 9.17) is 0 Å². The number of hydrogen-bond acceptors (Lipinski definition) is 4. The fraction of sp³-hybridized carbons (Fsp3) is 0.158. The zero-order valence-corrected chi connectivity index (χ0v) is 14.7. The number of rotatable bonds is 6. The van der Waals surface area contributed by atoms with Gasteiger partial charge in [-0.05, 0) is 19.1 Å². The second kappa shape index (κ2) is 8.05. The molecule has 26 heavy (non-hydrogen) atoms. The highest BCUT2D eigenvalue weighted by Gasteiger charge is 2.13. The summed E-state index contributed by atoms with van der Waals surface area (Å²) in [7, 11) is 0. The van der Waals surface area contributed by atoms with Crippen molar-refractivity contribution in [2.24, 2.45) is 0 Å². The number of hydrogen-bond donors (Lipinski definition) is 1. The molecule has 0 saturated carbocycles. The van der Waals surface area contributed by atoms with Crippen LogP contribution in [0.5, 0.6) is 5.75 Å². The van der Waals surface area contributed by atoms with E-state index in [0.717, 1.165) is 16.1 Å². The van der Waals surface area contributed by atoms with E-state index in [-0.39, 0.29) is 23.8 Å². The highest BCUT2D eigenvalue weighted by atomic mass is 32.1. The fourth-order valence-corrected chi connectivity index (χ4v) is 3.17. The summed E-state index contributed by atoms with van der Waals surface area (Å²) in [6.45, 7) is -0.944. The van der Waals surface area contributed by atoms with Gasteiger partial charge in [-0.3, -0.25) is 4.79 Å². The average Bonchev–Trinajstić information content (AvgIpc) is 3.05. The van der Waals surface area contributed by atoms with Crippen molar-refractivity contribution in [3.8, 4) is 16.3 Å². The summed E-state index contributed by atoms with van der Waals surface area (Å²) in [6.07, 6.45) is 0.0470. The van der Waals surface area contributed by atoms with Crippen LogP contribution in [-0.2, 0) is 11.2 Å². The van der Waals surface area contributed by atoms with Gasteiger partial charge in [-0.1, -0.05) is 42.0 Å². The van der Waals surface area contributed by atoms with Gasteiger partial charge in [0.1, 0.15) is 10.8 Å². The summed E-state index contributed by atoms with van der Waals surface area (Å²) in [5.41, 5.74) is 2.97. The maximum absolute atomic E-state index is 12.4. The van der Waals surface area contributed by atoms with E-state index in [1.807, 2.05) is 36.6 Å². The van der Waals surface area contributed by atoms with Gasteiger partial charge in [0.05, 0.1) is 17.8 Å². The van der Waals surface area contributed by atoms with Crippen molar-refractivity contribution in [3.63, 3.8) is 0 Å². The molecule has 0 bridgehead atoms. The largest absolute Gasteiger partial charge is 0.433 e. The number of carbonyl (C=O) groups is 1. The number of aryl methyl sites for hydroxylation is 1. The summed E-state index contributed by atoms with van der Waals surface area (Å²) >= 11 is 1.45. The smallest absolute Gasteiger partial charge is 0.387 e. The zero-order valence-electron chi connectivity index (χ0n) is 13.9. The summed E-state index contributed by atoms with van der Waals surface area (Å²) < 4.78 is 29.3. The predicted molar refractivity (Wildman–Crippen MR) is 97.7 cm³/mol. The molecule has 1 heterocycles. The number of halogens is 2. The molecule has 1 aromatic heterocycles. The monoisotopic (exact) mass is 374 g/mol. The molecule has 0 fully saturated rings. The molecular weight excluding hydrogens is 358 g/mol. The average molecular weight is 374 g/mol. The maximum Gasteiger partial charge on any atom is 0.387 e. The Morgan fingerprint density at radius 3 is 2.65 bits per heavy atom. The number of nitrogens with one attached hydrogen (secondary N) is 1. The second-order valence-electron chi connectivity index (χ2n) is 5.61. The first kappa shape index (κ1) is 18.0. The van der Waals surface area contributed by atoms with E-state index < -0.39 is 6.61 Å². The first-order valence-electron chi connectivity index (χ1n) is 7.86. The zero-order chi connectivity index (χ0) is 18.5. The Kier molecular flexibility index (Phi) is 5.58. The van der Waals surface area contributed by atoms with Gasteiger partial charge in [-0.15, -0.1) is 11.3 Å². The van der Waals surface area contributed by atoms with Gasteiger partial charge in [0.25, 0.3) is 0 Å². The molecule has 0 atom stereocenters. The van der Waals surface area contributed by atoms with Crippen LogP contribution in [0, 0.1) is 6.92 Å². The first-order chi connectivity index (χ1) is 12.5. The number of thiazole rings is 1. The molecule has 0 spiro atoms. The standard InChI is InChI=1S/C19H16F2N2O2S/c1-12-6-8-13(9-7-12)18-22-14(11-26-18)10-17(24)23-15-4-2-3-5-16(15)25-19(20)21/h2-9,11,19H,10H2,1H3,(H,23,24). The molecule has 0 aliphatic heterocycles. The fourth-order valence-electron chi connectivity index (χ4n) is 2.34. The van der Waals surface area contributed by atoms with Gasteiger partial charge in [0, 0.05) is 10.9 Å². The molecule has 0 aliphatic carbocycles. The van der Waals surface area contributed by atoms with E-state index in [0.29, 0.717) is 5.69 Å². The molecule has 0 radical (unpaired) electrons. The summed E-state index contributed by atoms with van der Waals surface area (Å²) in [5.74, 6) is -0.425. The highest BCUT2D eigenvalue weighted by molar-refractivity contribution is 7.13. The number of ether oxygens (including phenoxy) is 1. The minimum atomic E-state index is -2.95. The van der Waals surface area contributed by atoms with Crippen LogP contribution in [0.25, 0.3) is 10.6 Å². The van der Waals surface area contributed by atoms with Crippen LogP contribution in [-0.4, -0.2) is 17.5 Å². The molecule has 0 aliphatic rings. The predicted octanol–water partition coefficient (Wildman–Crippen LogP) is 4.90. The van der Waals surface area contributed by atoms with E-state index in [2.05, 4.69) is 15.0 Å². The summed E-state index contributed by atoms with van der Waals surface area (Å²) in [4.78, 5) is 16.7. The van der Waals surface area contributed by atoms with Crippen molar-refractivity contribution in [3.05, 3.63) is 65.2 Å². The number of anilines is 1. The van der Waals surface area contributed by atoms with Crippen molar-refractivity contribution < 1.29 is 18.3 Å². The Hall–Kier alpha value is -2.80. The van der Waals surface area contributed by atoms with Crippen molar-refractivity contribution in [2.75, 3.05) is 5.32 Å². The number of benzene rings is 2. The molecule has 0 saturated heterocycles. The third kappa shape index (κ3) is 4.64. The van der Waals surface area contributed by atoms with Crippen LogP contribution in [0.3, 0.4) is 0 Å². The third-order valence-corrected chi connectivity index (χ3v) is 4.51. The minimum Gasteiger partial charge on any atom is -0.433 e. The Bertz CT molecular complexity index is 895. The van der Waals surface area contributed by atoms with E-state index in [9.17, 15) is 13.6 Å². The molecule has 3 aromatic rings. The lowest BCUT2D eigenvalue weighted by molar-refractivity contribution is -0.115. The Labute approximate surface area is 153 Å². The summed E-state index contributed by atoms with van der Waals surface area (Å²) in [6, 6.07) is 14.0. The number of nitrogens with zero attached hydrogens (tertiary/aromatic N) is 1. The summed E-state index contributed by atoms with van der Waals surface area (Å²) in [5, 5.41) is 5.23. The van der Waals surface area contributed by atoms with Gasteiger partial charge >= 0.3 is 6.61 Å². The number of para-hydroxylation sites is 2. The van der Waals surface area contributed by atoms with Gasteiger partial charge in [-0.25, -0.2) is 4.98 Å². The SMILES string of the molecule is Cc1ccc(-c2nc(CC(=O)Nc3ccccc3OC(F)F)cs2)cc1. The van der Waals surface area contributed by atoms with Crippen molar-refractivity contribution in [2.45, 2.75) is 20.0 Å². The number of carbonyl (C=O) groups excluding carboxylic acids is 1. The molecule has 2 aromatic carbocycles. The van der Waals surface area contributed by atoms with E-state index in [1.165, 1.54) is 23.5 Å². The number of amides is 1. The minimum absolute atomic E-state index is 0.0470. The molecule has 3 rings (SSSR count). The quantitative estimate of drug-likeness (QED) is 0.668. The van der Waals surface area contributed by atoms with Crippen molar-refractivity contribution >= 4 is 22.9 Å². The lowest BCUT2D eigenvalue weighted by Crippen LogP contribution is -2.16. The van der Waals surface area contributed by atoms with E-state index >= 15 is 0 Å². The van der Waals surface area contributed by atoms with Gasteiger partial charge in [0.15, 0.2) is 0 Å². The van der Waals surface area contributed by atoms with Crippen LogP contribution in [0.1, 0.15) is 11.3 Å². The van der Waals surface area contributed by atoms with Crippen LogP contribution >= 0.6 is 11.3 Å². The number of alkyl halides is 2. The van der Waals surface area contributed by atoms with Crippen molar-refractivity contribution in [1.29, 1.82) is 0 Å².